The van der Waals surface area contributed by atoms with E-state index in [0.29, 0.717) is 25.9 Å². The number of epoxide rings is 1. The third kappa shape index (κ3) is 3.05. The average Bonchev–Trinajstić information content (AvgIpc) is 3.19. The molecule has 8 atom stereocenters. The number of aliphatic hydroxyl groups is 1. The standard InChI is InChI=1S/C24H30O9/c1-13-19(32-15(3)26)20(27)24(12-30-14(2)25)18(5-4-7-22(24)11-31-22)23(13)9-17(33-21(23)28)16-6-8-29-10-16/h6,8,10,13,17-19,21,28H,4-5,7,9,11-12H2,1-3H3/t13-,17+,18-,19+,21+,22+,23-,24+/m1/s1. The molecule has 2 aliphatic carbocycles. The number of rotatable bonds is 4. The molecule has 1 aromatic heterocycles. The van der Waals surface area contributed by atoms with Gasteiger partial charge in [-0.05, 0) is 31.2 Å². The van der Waals surface area contributed by atoms with E-state index < -0.39 is 52.8 Å². The van der Waals surface area contributed by atoms with Crippen molar-refractivity contribution in [2.45, 2.75) is 70.6 Å². The molecule has 180 valence electrons. The number of aliphatic hydroxyl groups excluding tert-OH is 1. The van der Waals surface area contributed by atoms with E-state index in [1.54, 1.807) is 18.6 Å². The summed E-state index contributed by atoms with van der Waals surface area (Å²) in [6.45, 7) is 4.57. The predicted molar refractivity (Wildman–Crippen MR) is 110 cm³/mol. The summed E-state index contributed by atoms with van der Waals surface area (Å²) >= 11 is 0. The van der Waals surface area contributed by atoms with Crippen LogP contribution >= 0.6 is 0 Å². The number of Topliss-reactive ketones (excluding diaryl/α,β-unsaturated/α-hetero) is 1. The van der Waals surface area contributed by atoms with Gasteiger partial charge in [-0.25, -0.2) is 0 Å². The van der Waals surface area contributed by atoms with Gasteiger partial charge in [-0.1, -0.05) is 13.3 Å². The molecule has 2 aliphatic heterocycles. The number of carbonyl (C=O) groups excluding carboxylic acids is 3. The molecule has 3 heterocycles. The summed E-state index contributed by atoms with van der Waals surface area (Å²) in [6.07, 6.45) is 2.82. The Morgan fingerprint density at radius 1 is 1.27 bits per heavy atom. The molecule has 4 aliphatic rings. The molecule has 33 heavy (non-hydrogen) atoms. The van der Waals surface area contributed by atoms with Gasteiger partial charge in [-0.2, -0.15) is 0 Å². The zero-order valence-electron chi connectivity index (χ0n) is 19.1. The van der Waals surface area contributed by atoms with Crippen LogP contribution in [0.25, 0.3) is 0 Å². The van der Waals surface area contributed by atoms with Crippen LogP contribution in [-0.4, -0.2) is 54.0 Å². The quantitative estimate of drug-likeness (QED) is 0.530. The lowest BCUT2D eigenvalue weighted by atomic mass is 9.42. The first kappa shape index (κ1) is 22.6. The van der Waals surface area contributed by atoms with Crippen LogP contribution < -0.4 is 0 Å². The Morgan fingerprint density at radius 3 is 2.64 bits per heavy atom. The van der Waals surface area contributed by atoms with E-state index in [2.05, 4.69) is 0 Å². The van der Waals surface area contributed by atoms with Crippen LogP contribution in [0.15, 0.2) is 23.0 Å². The highest BCUT2D eigenvalue weighted by atomic mass is 16.6. The number of hydrogen-bond donors (Lipinski definition) is 1. The van der Waals surface area contributed by atoms with Crippen molar-refractivity contribution < 1.29 is 42.9 Å². The van der Waals surface area contributed by atoms with Crippen molar-refractivity contribution in [1.29, 1.82) is 0 Å². The second-order valence-corrected chi connectivity index (χ2v) is 10.0. The van der Waals surface area contributed by atoms with Crippen LogP contribution in [-0.2, 0) is 33.3 Å². The number of esters is 2. The van der Waals surface area contributed by atoms with Crippen molar-refractivity contribution >= 4 is 17.7 Å². The molecule has 5 rings (SSSR count). The second-order valence-electron chi connectivity index (χ2n) is 10.0. The smallest absolute Gasteiger partial charge is 0.303 e. The van der Waals surface area contributed by atoms with E-state index in [0.717, 1.165) is 12.0 Å². The molecule has 0 aromatic carbocycles. The highest BCUT2D eigenvalue weighted by molar-refractivity contribution is 5.94. The van der Waals surface area contributed by atoms with Gasteiger partial charge < -0.3 is 28.5 Å². The molecular formula is C24H30O9. The maximum Gasteiger partial charge on any atom is 0.303 e. The lowest BCUT2D eigenvalue weighted by Gasteiger charge is -2.61. The van der Waals surface area contributed by atoms with E-state index in [9.17, 15) is 19.5 Å². The zero-order chi connectivity index (χ0) is 23.6. The second kappa shape index (κ2) is 7.65. The van der Waals surface area contributed by atoms with Crippen LogP contribution in [0.2, 0.25) is 0 Å². The molecule has 2 spiro atoms. The fourth-order valence-electron chi connectivity index (χ4n) is 7.06. The predicted octanol–water partition coefficient (Wildman–Crippen LogP) is 2.31. The Morgan fingerprint density at radius 2 is 2.03 bits per heavy atom. The minimum Gasteiger partial charge on any atom is -0.472 e. The third-order valence-corrected chi connectivity index (χ3v) is 8.63. The summed E-state index contributed by atoms with van der Waals surface area (Å²) in [5.74, 6) is -2.29. The lowest BCUT2D eigenvalue weighted by Crippen LogP contribution is -2.71. The van der Waals surface area contributed by atoms with E-state index >= 15 is 0 Å². The molecule has 4 fully saturated rings. The SMILES string of the molecule is CC(=O)OC[C@@]12C(=O)[C@@H](OC(C)=O)[C@@H](C)[C@]3(C[C@@H](c4ccoc4)O[C@@H]3O)[C@H]1CCC[C@]21CO1. The Hall–Kier alpha value is -2.23. The molecular weight excluding hydrogens is 432 g/mol. The summed E-state index contributed by atoms with van der Waals surface area (Å²) in [6, 6.07) is 1.79. The van der Waals surface area contributed by atoms with Gasteiger partial charge in [0.15, 0.2) is 18.2 Å². The van der Waals surface area contributed by atoms with Crippen LogP contribution in [0.3, 0.4) is 0 Å². The summed E-state index contributed by atoms with van der Waals surface area (Å²) in [5, 5.41) is 11.5. The Kier molecular flexibility index (Phi) is 5.23. The highest BCUT2D eigenvalue weighted by Crippen LogP contribution is 2.70. The summed E-state index contributed by atoms with van der Waals surface area (Å²) in [7, 11) is 0. The fraction of sp³-hybridized carbons (Fsp3) is 0.708. The molecule has 0 unspecified atom stereocenters. The molecule has 0 amide bonds. The van der Waals surface area contributed by atoms with Gasteiger partial charge in [0, 0.05) is 30.7 Å². The van der Waals surface area contributed by atoms with Crippen molar-refractivity contribution in [3.63, 3.8) is 0 Å². The Balaban J connectivity index is 1.66. The van der Waals surface area contributed by atoms with Gasteiger partial charge in [0.25, 0.3) is 0 Å². The van der Waals surface area contributed by atoms with Crippen molar-refractivity contribution in [3.05, 3.63) is 24.2 Å². The van der Waals surface area contributed by atoms with Crippen LogP contribution in [0.1, 0.15) is 58.1 Å². The van der Waals surface area contributed by atoms with Gasteiger partial charge in [-0.3, -0.25) is 14.4 Å². The third-order valence-electron chi connectivity index (χ3n) is 8.63. The molecule has 1 N–H and O–H groups in total. The minimum atomic E-state index is -1.24. The number of ketones is 1. The first-order valence-corrected chi connectivity index (χ1v) is 11.5. The van der Waals surface area contributed by atoms with Gasteiger partial charge in [0.1, 0.15) is 17.6 Å². The Labute approximate surface area is 191 Å². The van der Waals surface area contributed by atoms with Crippen molar-refractivity contribution in [2.75, 3.05) is 13.2 Å². The molecule has 2 saturated carbocycles. The van der Waals surface area contributed by atoms with E-state index in [1.807, 2.05) is 6.92 Å². The number of carbonyl (C=O) groups is 3. The summed E-state index contributed by atoms with van der Waals surface area (Å²) in [5.41, 5.74) is -2.17. The van der Waals surface area contributed by atoms with E-state index in [1.165, 1.54) is 13.8 Å². The van der Waals surface area contributed by atoms with Gasteiger partial charge in [-0.15, -0.1) is 0 Å². The zero-order valence-corrected chi connectivity index (χ0v) is 19.1. The molecule has 2 saturated heterocycles. The monoisotopic (exact) mass is 462 g/mol. The van der Waals surface area contributed by atoms with Gasteiger partial charge >= 0.3 is 11.9 Å². The van der Waals surface area contributed by atoms with E-state index in [-0.39, 0.29) is 18.3 Å². The van der Waals surface area contributed by atoms with Crippen molar-refractivity contribution in [1.82, 2.24) is 0 Å². The van der Waals surface area contributed by atoms with Crippen molar-refractivity contribution in [2.24, 2.45) is 22.7 Å². The fourth-order valence-corrected chi connectivity index (χ4v) is 7.06. The number of ether oxygens (including phenoxy) is 4. The largest absolute Gasteiger partial charge is 0.472 e. The maximum atomic E-state index is 14.2. The minimum absolute atomic E-state index is 0.179. The summed E-state index contributed by atoms with van der Waals surface area (Å²) in [4.78, 5) is 38.1. The molecule has 1 aromatic rings. The number of hydrogen-bond acceptors (Lipinski definition) is 9. The number of furan rings is 1. The average molecular weight is 462 g/mol. The van der Waals surface area contributed by atoms with Gasteiger partial charge in [0.05, 0.1) is 25.2 Å². The maximum absolute atomic E-state index is 14.2. The molecule has 0 radical (unpaired) electrons. The molecule has 9 heteroatoms. The van der Waals surface area contributed by atoms with E-state index in [4.69, 9.17) is 23.4 Å². The van der Waals surface area contributed by atoms with Crippen molar-refractivity contribution in [3.8, 4) is 0 Å². The first-order valence-electron chi connectivity index (χ1n) is 11.5. The van der Waals surface area contributed by atoms with Gasteiger partial charge in [0.2, 0.25) is 0 Å². The number of fused-ring (bicyclic) bond motifs is 3. The van der Waals surface area contributed by atoms with Crippen LogP contribution in [0.4, 0.5) is 0 Å². The lowest BCUT2D eigenvalue weighted by molar-refractivity contribution is -0.242. The topological polar surface area (TPSA) is 125 Å². The van der Waals surface area contributed by atoms with Crippen LogP contribution in [0.5, 0.6) is 0 Å². The summed E-state index contributed by atoms with van der Waals surface area (Å²) < 4.78 is 28.3. The molecule has 0 bridgehead atoms. The molecule has 9 nitrogen and oxygen atoms in total. The highest BCUT2D eigenvalue weighted by Gasteiger charge is 2.79. The normalized spacial score (nSPS) is 44.0. The Bertz CT molecular complexity index is 951. The first-order chi connectivity index (χ1) is 15.7. The van der Waals surface area contributed by atoms with Crippen LogP contribution in [0, 0.1) is 22.7 Å².